The number of carbonyl (C=O) groups excluding carboxylic acids is 3. The Hall–Kier alpha value is -2.75. The molecule has 2 heterocycles. The summed E-state index contributed by atoms with van der Waals surface area (Å²) in [7, 11) is 1.57. The van der Waals surface area contributed by atoms with Crippen LogP contribution in [0.4, 0.5) is 0 Å². The molecular formula is C27H38N4O5. The summed E-state index contributed by atoms with van der Waals surface area (Å²) in [5, 5.41) is 16.1. The summed E-state index contributed by atoms with van der Waals surface area (Å²) < 4.78 is 5.39. The number of morpholine rings is 1. The Morgan fingerprint density at radius 1 is 1.14 bits per heavy atom. The normalized spacial score (nSPS) is 29.0. The molecule has 3 N–H and O–H groups in total. The van der Waals surface area contributed by atoms with Crippen molar-refractivity contribution in [3.05, 3.63) is 48.0 Å². The molecule has 2 fully saturated rings. The third-order valence-electron chi connectivity index (χ3n) is 7.78. The highest BCUT2D eigenvalue weighted by atomic mass is 16.5. The minimum absolute atomic E-state index is 0.137. The van der Waals surface area contributed by atoms with E-state index in [1.54, 1.807) is 11.9 Å². The number of allylic oxidation sites excluding steroid dienone is 1. The minimum Gasteiger partial charge on any atom is -0.394 e. The predicted octanol–water partition coefficient (Wildman–Crippen LogP) is 0.0497. The molecule has 2 aliphatic heterocycles. The average Bonchev–Trinajstić information content (AvgIpc) is 3.20. The fraction of sp³-hybridized carbons (Fsp3) is 0.593. The molecule has 1 aromatic rings. The minimum atomic E-state index is -0.788. The third-order valence-corrected chi connectivity index (χ3v) is 7.78. The van der Waals surface area contributed by atoms with Gasteiger partial charge in [0, 0.05) is 39.1 Å². The van der Waals surface area contributed by atoms with Crippen LogP contribution in [0.25, 0.3) is 0 Å². The number of carbonyl (C=O) groups is 3. The second kappa shape index (κ2) is 12.0. The van der Waals surface area contributed by atoms with Crippen molar-refractivity contribution in [1.82, 2.24) is 20.4 Å². The van der Waals surface area contributed by atoms with Gasteiger partial charge in [0.25, 0.3) is 0 Å². The van der Waals surface area contributed by atoms with E-state index in [1.807, 2.05) is 49.4 Å². The number of ether oxygens (including phenoxy) is 1. The van der Waals surface area contributed by atoms with E-state index >= 15 is 0 Å². The van der Waals surface area contributed by atoms with Crippen LogP contribution in [0.2, 0.25) is 0 Å². The zero-order valence-electron chi connectivity index (χ0n) is 21.1. The van der Waals surface area contributed by atoms with Gasteiger partial charge in [-0.3, -0.25) is 19.3 Å². The molecule has 6 atom stereocenters. The Labute approximate surface area is 212 Å². The van der Waals surface area contributed by atoms with Gasteiger partial charge in [0.05, 0.1) is 37.7 Å². The summed E-state index contributed by atoms with van der Waals surface area (Å²) in [5.74, 6) is -2.48. The molecular weight excluding hydrogens is 460 g/mol. The summed E-state index contributed by atoms with van der Waals surface area (Å²) in [6.45, 7) is 5.82. The number of amides is 3. The van der Waals surface area contributed by atoms with Crippen molar-refractivity contribution in [3.63, 3.8) is 0 Å². The fourth-order valence-electron chi connectivity index (χ4n) is 5.90. The van der Waals surface area contributed by atoms with Crippen LogP contribution < -0.4 is 10.6 Å². The van der Waals surface area contributed by atoms with E-state index in [0.29, 0.717) is 32.7 Å². The number of hydrogen-bond donors (Lipinski definition) is 3. The van der Waals surface area contributed by atoms with Crippen LogP contribution in [0.1, 0.15) is 12.5 Å². The van der Waals surface area contributed by atoms with Gasteiger partial charge in [-0.15, -0.1) is 0 Å². The molecule has 9 heteroatoms. The monoisotopic (exact) mass is 498 g/mol. The van der Waals surface area contributed by atoms with Gasteiger partial charge in [-0.2, -0.15) is 0 Å². The number of aliphatic hydroxyl groups excluding tert-OH is 1. The Morgan fingerprint density at radius 2 is 1.86 bits per heavy atom. The highest BCUT2D eigenvalue weighted by Gasteiger charge is 2.57. The Balaban J connectivity index is 1.59. The van der Waals surface area contributed by atoms with Crippen LogP contribution in [0.3, 0.4) is 0 Å². The molecule has 196 valence electrons. The Kier molecular flexibility index (Phi) is 8.77. The summed E-state index contributed by atoms with van der Waals surface area (Å²) in [6.07, 6.45) is 4.29. The van der Waals surface area contributed by atoms with Gasteiger partial charge >= 0.3 is 0 Å². The summed E-state index contributed by atoms with van der Waals surface area (Å²) in [5.41, 5.74) is 0.970. The van der Waals surface area contributed by atoms with E-state index in [-0.39, 0.29) is 30.2 Å². The molecule has 0 saturated carbocycles. The highest BCUT2D eigenvalue weighted by Crippen LogP contribution is 2.44. The predicted molar refractivity (Wildman–Crippen MR) is 135 cm³/mol. The number of fused-ring (bicyclic) bond motifs is 1. The molecule has 0 unspecified atom stereocenters. The lowest BCUT2D eigenvalue weighted by Gasteiger charge is -2.34. The van der Waals surface area contributed by atoms with Crippen LogP contribution in [0.15, 0.2) is 42.5 Å². The number of benzene rings is 1. The lowest BCUT2D eigenvalue weighted by atomic mass is 9.70. The van der Waals surface area contributed by atoms with Gasteiger partial charge in [-0.1, -0.05) is 49.4 Å². The number of likely N-dealkylation sites (tertiary alicyclic amines) is 1. The first kappa shape index (κ1) is 26.3. The zero-order valence-corrected chi connectivity index (χ0v) is 21.1. The molecule has 4 rings (SSSR count). The van der Waals surface area contributed by atoms with Gasteiger partial charge in [0.15, 0.2) is 0 Å². The lowest BCUT2D eigenvalue weighted by Crippen LogP contribution is -2.54. The number of rotatable bonds is 9. The number of hydrogen-bond acceptors (Lipinski definition) is 6. The third kappa shape index (κ3) is 5.48. The van der Waals surface area contributed by atoms with Gasteiger partial charge in [-0.05, 0) is 17.9 Å². The zero-order chi connectivity index (χ0) is 25.7. The SMILES string of the molecule is CNC(=O)[C@H]1[C@@H]2C(=O)N([C@@H](CO)Cc3ccccc3)[C@H](C(=O)NCCN3CCOCC3)[C@H]2C=C[C@H]1C. The van der Waals surface area contributed by atoms with Gasteiger partial charge in [-0.25, -0.2) is 0 Å². The maximum atomic E-state index is 13.9. The molecule has 1 aliphatic carbocycles. The van der Waals surface area contributed by atoms with Crippen molar-refractivity contribution in [2.45, 2.75) is 25.4 Å². The van der Waals surface area contributed by atoms with Crippen molar-refractivity contribution < 1.29 is 24.2 Å². The molecule has 3 aliphatic rings. The van der Waals surface area contributed by atoms with Gasteiger partial charge in [0.1, 0.15) is 6.04 Å². The second-order valence-electron chi connectivity index (χ2n) is 9.95. The van der Waals surface area contributed by atoms with Crippen LogP contribution >= 0.6 is 0 Å². The Morgan fingerprint density at radius 3 is 2.53 bits per heavy atom. The van der Waals surface area contributed by atoms with E-state index in [1.165, 1.54) is 0 Å². The molecule has 9 nitrogen and oxygen atoms in total. The lowest BCUT2D eigenvalue weighted by molar-refractivity contribution is -0.143. The standard InChI is InChI=1S/C27H38N4O5/c1-18-8-9-21-23(22(18)25(33)28-2)27(35)31(20(17-32)16-19-6-4-3-5-7-19)24(21)26(34)29-10-11-30-12-14-36-15-13-30/h3-9,18,20-24,32H,10-17H2,1-2H3,(H,28,33)(H,29,34)/t18-,20-,21+,22-,23-,24+/m1/s1. The molecule has 1 aromatic carbocycles. The quantitative estimate of drug-likeness (QED) is 0.415. The van der Waals surface area contributed by atoms with Crippen LogP contribution in [-0.2, 0) is 25.5 Å². The maximum Gasteiger partial charge on any atom is 0.243 e. The highest BCUT2D eigenvalue weighted by molar-refractivity contribution is 5.97. The van der Waals surface area contributed by atoms with Gasteiger partial charge in [0.2, 0.25) is 17.7 Å². The maximum absolute atomic E-state index is 13.9. The molecule has 0 aromatic heterocycles. The molecule has 3 amide bonds. The van der Waals surface area contributed by atoms with E-state index in [9.17, 15) is 19.5 Å². The molecule has 0 radical (unpaired) electrons. The summed E-state index contributed by atoms with van der Waals surface area (Å²) in [4.78, 5) is 44.2. The first-order valence-corrected chi connectivity index (χ1v) is 12.9. The Bertz CT molecular complexity index is 949. The smallest absolute Gasteiger partial charge is 0.243 e. The van der Waals surface area contributed by atoms with Crippen LogP contribution in [0, 0.1) is 23.7 Å². The van der Waals surface area contributed by atoms with E-state index < -0.39 is 29.8 Å². The van der Waals surface area contributed by atoms with E-state index in [2.05, 4.69) is 15.5 Å². The van der Waals surface area contributed by atoms with E-state index in [4.69, 9.17) is 4.74 Å². The van der Waals surface area contributed by atoms with Gasteiger partial charge < -0.3 is 25.4 Å². The van der Waals surface area contributed by atoms with Crippen molar-refractivity contribution in [2.24, 2.45) is 23.7 Å². The summed E-state index contributed by atoms with van der Waals surface area (Å²) in [6, 6.07) is 8.27. The first-order valence-electron chi connectivity index (χ1n) is 12.9. The molecule has 0 bridgehead atoms. The number of aliphatic hydroxyl groups is 1. The topological polar surface area (TPSA) is 111 Å². The van der Waals surface area contributed by atoms with E-state index in [0.717, 1.165) is 18.7 Å². The van der Waals surface area contributed by atoms with Crippen molar-refractivity contribution >= 4 is 17.7 Å². The van der Waals surface area contributed by atoms with Crippen molar-refractivity contribution in [1.29, 1.82) is 0 Å². The van der Waals surface area contributed by atoms with Crippen LogP contribution in [-0.4, -0.2) is 97.8 Å². The fourth-order valence-corrected chi connectivity index (χ4v) is 5.90. The second-order valence-corrected chi connectivity index (χ2v) is 9.95. The first-order chi connectivity index (χ1) is 17.5. The summed E-state index contributed by atoms with van der Waals surface area (Å²) >= 11 is 0. The number of nitrogens with zero attached hydrogens (tertiary/aromatic N) is 2. The average molecular weight is 499 g/mol. The van der Waals surface area contributed by atoms with Crippen LogP contribution in [0.5, 0.6) is 0 Å². The van der Waals surface area contributed by atoms with Crippen molar-refractivity contribution in [3.8, 4) is 0 Å². The number of nitrogens with one attached hydrogen (secondary N) is 2. The molecule has 0 spiro atoms. The molecule has 36 heavy (non-hydrogen) atoms. The molecule has 2 saturated heterocycles. The largest absolute Gasteiger partial charge is 0.394 e. The van der Waals surface area contributed by atoms with Crippen molar-refractivity contribution in [2.75, 3.05) is 53.0 Å².